The number of rotatable bonds is 2. The van der Waals surface area contributed by atoms with Gasteiger partial charge in [-0.2, -0.15) is 0 Å². The molecule has 16 heavy (non-hydrogen) atoms. The molecule has 0 unspecified atom stereocenters. The maximum Gasteiger partial charge on any atom is 0.185 e. The van der Waals surface area contributed by atoms with Crippen LogP contribution in [0.3, 0.4) is 0 Å². The largest absolute Gasteiger partial charge is 0.371 e. The number of nitrogens with zero attached hydrogens (tertiary/aromatic N) is 3. The minimum Gasteiger partial charge on any atom is -0.371 e. The molecule has 2 aromatic heterocycles. The van der Waals surface area contributed by atoms with Crippen LogP contribution < -0.4 is 4.90 Å². The smallest absolute Gasteiger partial charge is 0.185 e. The van der Waals surface area contributed by atoms with Gasteiger partial charge in [0.05, 0.1) is 11.7 Å². The number of carbonyl (C=O) groups is 1. The summed E-state index contributed by atoms with van der Waals surface area (Å²) in [4.78, 5) is 17.2. The van der Waals surface area contributed by atoms with Gasteiger partial charge in [-0.25, -0.2) is 4.98 Å². The van der Waals surface area contributed by atoms with E-state index in [1.807, 2.05) is 16.7 Å². The molecule has 0 N–H and O–H groups in total. The third-order valence-corrected chi connectivity index (χ3v) is 3.12. The van der Waals surface area contributed by atoms with Gasteiger partial charge in [0.15, 0.2) is 12.1 Å². The molecule has 2 aromatic rings. The zero-order valence-corrected chi connectivity index (χ0v) is 8.97. The molecule has 1 aliphatic heterocycles. The summed E-state index contributed by atoms with van der Waals surface area (Å²) in [5, 5.41) is 0. The highest BCUT2D eigenvalue weighted by Gasteiger charge is 2.13. The van der Waals surface area contributed by atoms with Crippen LogP contribution in [0.15, 0.2) is 24.5 Å². The van der Waals surface area contributed by atoms with Gasteiger partial charge in [-0.15, -0.1) is 0 Å². The van der Waals surface area contributed by atoms with E-state index in [1.165, 1.54) is 18.5 Å². The van der Waals surface area contributed by atoms with Crippen molar-refractivity contribution in [3.05, 3.63) is 30.4 Å². The summed E-state index contributed by atoms with van der Waals surface area (Å²) >= 11 is 0. The van der Waals surface area contributed by atoms with Crippen LogP contribution in [0, 0.1) is 0 Å². The summed E-state index contributed by atoms with van der Waals surface area (Å²) in [7, 11) is 0. The molecule has 1 saturated heterocycles. The Morgan fingerprint density at radius 2 is 2.12 bits per heavy atom. The van der Waals surface area contributed by atoms with Crippen molar-refractivity contribution >= 4 is 17.5 Å². The van der Waals surface area contributed by atoms with E-state index < -0.39 is 0 Å². The number of pyridine rings is 1. The lowest BCUT2D eigenvalue weighted by atomic mass is 10.3. The maximum absolute atomic E-state index is 10.7. The molecule has 3 heterocycles. The monoisotopic (exact) mass is 215 g/mol. The third-order valence-electron chi connectivity index (χ3n) is 3.12. The van der Waals surface area contributed by atoms with Crippen molar-refractivity contribution in [2.75, 3.05) is 18.0 Å². The standard InChI is InChI=1S/C12H13N3O/c16-9-12-13-8-11-7-10(3-6-15(11)12)14-4-1-2-5-14/h3,6-9H,1-2,4-5H2. The minimum absolute atomic E-state index is 0.461. The molecule has 0 spiro atoms. The minimum atomic E-state index is 0.461. The van der Waals surface area contributed by atoms with E-state index >= 15 is 0 Å². The van der Waals surface area contributed by atoms with Gasteiger partial charge in [0.2, 0.25) is 0 Å². The second kappa shape index (κ2) is 3.63. The first-order valence-electron chi connectivity index (χ1n) is 5.56. The molecule has 4 nitrogen and oxygen atoms in total. The number of anilines is 1. The van der Waals surface area contributed by atoms with Crippen LogP contribution in [0.1, 0.15) is 23.5 Å². The zero-order valence-electron chi connectivity index (χ0n) is 8.97. The number of aldehydes is 1. The molecule has 0 atom stereocenters. The number of fused-ring (bicyclic) bond motifs is 1. The second-order valence-electron chi connectivity index (χ2n) is 4.11. The number of aromatic nitrogens is 2. The Labute approximate surface area is 93.5 Å². The summed E-state index contributed by atoms with van der Waals surface area (Å²) in [6.45, 7) is 2.26. The molecule has 1 fully saturated rings. The Balaban J connectivity index is 2.05. The summed E-state index contributed by atoms with van der Waals surface area (Å²) in [5.74, 6) is 0.461. The summed E-state index contributed by atoms with van der Waals surface area (Å²) in [5.41, 5.74) is 2.20. The fraction of sp³-hybridized carbons (Fsp3) is 0.333. The summed E-state index contributed by atoms with van der Waals surface area (Å²) < 4.78 is 1.81. The van der Waals surface area contributed by atoms with Gasteiger partial charge < -0.3 is 4.90 Å². The molecule has 0 amide bonds. The van der Waals surface area contributed by atoms with Gasteiger partial charge in [-0.1, -0.05) is 0 Å². The first-order chi connectivity index (χ1) is 7.88. The van der Waals surface area contributed by atoms with Crippen LogP contribution in [-0.4, -0.2) is 28.8 Å². The molecular formula is C12H13N3O. The zero-order chi connectivity index (χ0) is 11.0. The Hall–Kier alpha value is -1.84. The third kappa shape index (κ3) is 1.38. The Kier molecular flexibility index (Phi) is 2.13. The lowest BCUT2D eigenvalue weighted by Crippen LogP contribution is -2.17. The lowest BCUT2D eigenvalue weighted by molar-refractivity contribution is 0.111. The van der Waals surface area contributed by atoms with Crippen molar-refractivity contribution in [3.8, 4) is 0 Å². The highest BCUT2D eigenvalue weighted by molar-refractivity contribution is 5.73. The van der Waals surface area contributed by atoms with E-state index in [1.54, 1.807) is 6.20 Å². The van der Waals surface area contributed by atoms with Crippen molar-refractivity contribution in [3.63, 3.8) is 0 Å². The number of imidazole rings is 1. The maximum atomic E-state index is 10.7. The molecule has 82 valence electrons. The second-order valence-corrected chi connectivity index (χ2v) is 4.11. The Morgan fingerprint density at radius 3 is 2.88 bits per heavy atom. The fourth-order valence-electron chi connectivity index (χ4n) is 2.27. The first kappa shape index (κ1) is 9.39. The van der Waals surface area contributed by atoms with Crippen LogP contribution in [0.2, 0.25) is 0 Å². The number of hydrogen-bond donors (Lipinski definition) is 0. The molecule has 0 saturated carbocycles. The predicted octanol–water partition coefficient (Wildman–Crippen LogP) is 1.75. The molecule has 0 radical (unpaired) electrons. The molecule has 1 aliphatic rings. The van der Waals surface area contributed by atoms with E-state index in [-0.39, 0.29) is 0 Å². The molecule has 0 aliphatic carbocycles. The lowest BCUT2D eigenvalue weighted by Gasteiger charge is -2.17. The van der Waals surface area contributed by atoms with E-state index in [0.717, 1.165) is 24.9 Å². The van der Waals surface area contributed by atoms with Gasteiger partial charge in [0.25, 0.3) is 0 Å². The van der Waals surface area contributed by atoms with E-state index in [2.05, 4.69) is 16.0 Å². The van der Waals surface area contributed by atoms with Crippen molar-refractivity contribution in [1.29, 1.82) is 0 Å². The first-order valence-corrected chi connectivity index (χ1v) is 5.56. The molecule has 0 bridgehead atoms. The van der Waals surface area contributed by atoms with Gasteiger partial charge in [-0.05, 0) is 25.0 Å². The Bertz CT molecular complexity index is 526. The average molecular weight is 215 g/mol. The van der Waals surface area contributed by atoms with Crippen LogP contribution in [0.4, 0.5) is 5.69 Å². The Morgan fingerprint density at radius 1 is 1.31 bits per heavy atom. The fourth-order valence-corrected chi connectivity index (χ4v) is 2.27. The summed E-state index contributed by atoms with van der Waals surface area (Å²) in [6.07, 6.45) is 6.97. The number of hydrogen-bond acceptors (Lipinski definition) is 3. The summed E-state index contributed by atoms with van der Waals surface area (Å²) in [6, 6.07) is 4.14. The van der Waals surface area contributed by atoms with Crippen LogP contribution in [-0.2, 0) is 0 Å². The van der Waals surface area contributed by atoms with Gasteiger partial charge in [-0.3, -0.25) is 9.20 Å². The van der Waals surface area contributed by atoms with E-state index in [9.17, 15) is 4.79 Å². The molecular weight excluding hydrogens is 202 g/mol. The van der Waals surface area contributed by atoms with Gasteiger partial charge in [0, 0.05) is 25.0 Å². The average Bonchev–Trinajstić information content (AvgIpc) is 2.97. The molecule has 0 aromatic carbocycles. The van der Waals surface area contributed by atoms with Crippen molar-refractivity contribution in [2.24, 2.45) is 0 Å². The SMILES string of the molecule is O=Cc1ncc2cc(N3CCCC3)ccn12. The number of carbonyl (C=O) groups excluding carboxylic acids is 1. The molecule has 3 rings (SSSR count). The normalized spacial score (nSPS) is 15.9. The van der Waals surface area contributed by atoms with E-state index in [4.69, 9.17) is 0 Å². The topological polar surface area (TPSA) is 37.6 Å². The predicted molar refractivity (Wildman–Crippen MR) is 62.0 cm³/mol. The quantitative estimate of drug-likeness (QED) is 0.716. The van der Waals surface area contributed by atoms with Gasteiger partial charge >= 0.3 is 0 Å². The van der Waals surface area contributed by atoms with Gasteiger partial charge in [0.1, 0.15) is 0 Å². The van der Waals surface area contributed by atoms with Crippen molar-refractivity contribution in [1.82, 2.24) is 9.38 Å². The van der Waals surface area contributed by atoms with Crippen LogP contribution >= 0.6 is 0 Å². The highest BCUT2D eigenvalue weighted by Crippen LogP contribution is 2.21. The van der Waals surface area contributed by atoms with Crippen molar-refractivity contribution < 1.29 is 4.79 Å². The van der Waals surface area contributed by atoms with E-state index in [0.29, 0.717) is 5.82 Å². The highest BCUT2D eigenvalue weighted by atomic mass is 16.1. The van der Waals surface area contributed by atoms with Crippen LogP contribution in [0.5, 0.6) is 0 Å². The molecule has 4 heteroatoms. The van der Waals surface area contributed by atoms with Crippen LogP contribution in [0.25, 0.3) is 5.52 Å². The van der Waals surface area contributed by atoms with Crippen molar-refractivity contribution in [2.45, 2.75) is 12.8 Å².